The average Bonchev–Trinajstić information content (AvgIpc) is 3.54. The Morgan fingerprint density at radius 3 is 2.54 bits per heavy atom. The third-order valence-electron chi connectivity index (χ3n) is 8.84. The molecule has 0 saturated carbocycles. The number of likely N-dealkylation sites (tertiary alicyclic amines) is 1. The minimum atomic E-state index is -0.856. The van der Waals surface area contributed by atoms with Crippen LogP contribution in [0.4, 0.5) is 5.69 Å². The fourth-order valence-electron chi connectivity index (χ4n) is 6.78. The molecule has 0 aliphatic carbocycles. The van der Waals surface area contributed by atoms with Gasteiger partial charge < -0.3 is 24.4 Å². The lowest BCUT2D eigenvalue weighted by Gasteiger charge is -2.43. The number of carbonyl (C=O) groups is 3. The number of hydrogen-bond donors (Lipinski definition) is 1. The summed E-state index contributed by atoms with van der Waals surface area (Å²) in [4.78, 5) is 45.7. The Kier molecular flexibility index (Phi) is 8.81. The molecule has 2 bridgehead atoms. The van der Waals surface area contributed by atoms with E-state index in [1.165, 1.54) is 6.08 Å². The van der Waals surface area contributed by atoms with Crippen molar-refractivity contribution in [2.24, 2.45) is 23.7 Å². The number of rotatable bonds is 12. The van der Waals surface area contributed by atoms with Crippen LogP contribution in [0.1, 0.15) is 33.6 Å². The molecule has 1 spiro atoms. The molecular weight excluding hydrogens is 516 g/mol. The van der Waals surface area contributed by atoms with Crippen molar-refractivity contribution in [2.75, 3.05) is 31.8 Å². The summed E-state index contributed by atoms with van der Waals surface area (Å²) in [5.74, 6) is -1.65. The van der Waals surface area contributed by atoms with Gasteiger partial charge in [0.25, 0.3) is 5.91 Å². The summed E-state index contributed by atoms with van der Waals surface area (Å²) in [5, 5.41) is 10.4. The van der Waals surface area contributed by atoms with Crippen molar-refractivity contribution in [3.63, 3.8) is 0 Å². The molecule has 3 heterocycles. The summed E-state index contributed by atoms with van der Waals surface area (Å²) in [6.45, 7) is 13.6. The Morgan fingerprint density at radius 2 is 1.97 bits per heavy atom. The number of anilines is 1. The molecule has 39 heavy (non-hydrogen) atoms. The van der Waals surface area contributed by atoms with Gasteiger partial charge in [-0.05, 0) is 42.5 Å². The number of esters is 1. The van der Waals surface area contributed by atoms with E-state index in [0.717, 1.165) is 6.42 Å². The van der Waals surface area contributed by atoms with Gasteiger partial charge in [0.2, 0.25) is 5.91 Å². The first-order valence-electron chi connectivity index (χ1n) is 13.7. The maximum absolute atomic E-state index is 14.7. The van der Waals surface area contributed by atoms with Crippen molar-refractivity contribution in [1.82, 2.24) is 4.90 Å². The standard InChI is InChI=1S/C30H40N2O6S/c1-7-14-31(20-10-12-21(37-6)13-11-20)28(35)26-30-19(5)16-23(39-30)24(29(36)38-15-8-2)25(30)27(34)32(26)22(17-33)18(4)9-3/h7-8,10-13,18-19,22-26,33H,1-2,9,14-17H2,3-6H3/t18-,19?,22-,23+,24-,25-,26?,30?/m0/s1. The van der Waals surface area contributed by atoms with Crippen LogP contribution in [0.3, 0.4) is 0 Å². The van der Waals surface area contributed by atoms with E-state index in [-0.39, 0.29) is 48.7 Å². The zero-order chi connectivity index (χ0) is 28.5. The molecule has 3 fully saturated rings. The second-order valence-corrected chi connectivity index (χ2v) is 12.3. The van der Waals surface area contributed by atoms with Gasteiger partial charge in [-0.15, -0.1) is 18.3 Å². The van der Waals surface area contributed by atoms with Crippen LogP contribution in [0.25, 0.3) is 0 Å². The van der Waals surface area contributed by atoms with Gasteiger partial charge in [-0.1, -0.05) is 45.9 Å². The third-order valence-corrected chi connectivity index (χ3v) is 10.9. The molecule has 3 aliphatic rings. The lowest BCUT2D eigenvalue weighted by atomic mass is 9.66. The second-order valence-electron chi connectivity index (χ2n) is 10.8. The number of carbonyl (C=O) groups excluding carboxylic acids is 3. The Balaban J connectivity index is 1.85. The fraction of sp³-hybridized carbons (Fsp3) is 0.567. The van der Waals surface area contributed by atoms with Crippen LogP contribution in [0.2, 0.25) is 0 Å². The highest BCUT2D eigenvalue weighted by molar-refractivity contribution is 8.02. The topological polar surface area (TPSA) is 96.4 Å². The van der Waals surface area contributed by atoms with E-state index in [0.29, 0.717) is 17.9 Å². The first-order chi connectivity index (χ1) is 18.7. The van der Waals surface area contributed by atoms with E-state index in [2.05, 4.69) is 20.1 Å². The fourth-order valence-corrected chi connectivity index (χ4v) is 9.17. The maximum Gasteiger partial charge on any atom is 0.311 e. The van der Waals surface area contributed by atoms with E-state index in [1.807, 2.05) is 26.0 Å². The molecule has 1 aromatic carbocycles. The van der Waals surface area contributed by atoms with Crippen LogP contribution in [-0.4, -0.2) is 76.7 Å². The van der Waals surface area contributed by atoms with E-state index in [1.54, 1.807) is 46.9 Å². The zero-order valence-electron chi connectivity index (χ0n) is 23.2. The smallest absolute Gasteiger partial charge is 0.311 e. The summed E-state index contributed by atoms with van der Waals surface area (Å²) in [6.07, 6.45) is 4.60. The minimum absolute atomic E-state index is 0.00146. The molecule has 8 nitrogen and oxygen atoms in total. The molecule has 212 valence electrons. The normalized spacial score (nSPS) is 30.4. The highest BCUT2D eigenvalue weighted by Crippen LogP contribution is 2.69. The molecule has 3 aliphatic heterocycles. The summed E-state index contributed by atoms with van der Waals surface area (Å²) in [6, 6.07) is 5.79. The molecule has 8 atom stereocenters. The molecule has 0 aromatic heterocycles. The van der Waals surface area contributed by atoms with E-state index >= 15 is 0 Å². The highest BCUT2D eigenvalue weighted by atomic mass is 32.2. The lowest BCUT2D eigenvalue weighted by Crippen LogP contribution is -2.60. The van der Waals surface area contributed by atoms with Gasteiger partial charge in [0.1, 0.15) is 18.4 Å². The van der Waals surface area contributed by atoms with Crippen LogP contribution in [-0.2, 0) is 19.1 Å². The van der Waals surface area contributed by atoms with Crippen LogP contribution in [0.5, 0.6) is 5.75 Å². The molecular formula is C30H40N2O6S. The van der Waals surface area contributed by atoms with E-state index < -0.39 is 34.6 Å². The summed E-state index contributed by atoms with van der Waals surface area (Å²) < 4.78 is 9.95. The Bertz CT molecular complexity index is 1110. The number of methoxy groups -OCH3 is 1. The number of nitrogens with zero attached hydrogens (tertiary/aromatic N) is 2. The van der Waals surface area contributed by atoms with Crippen molar-refractivity contribution in [3.05, 3.63) is 49.6 Å². The lowest BCUT2D eigenvalue weighted by molar-refractivity contribution is -0.154. The molecule has 0 radical (unpaired) electrons. The van der Waals surface area contributed by atoms with Crippen molar-refractivity contribution in [2.45, 2.75) is 55.7 Å². The number of fused-ring (bicyclic) bond motifs is 1. The number of benzene rings is 1. The molecule has 3 unspecified atom stereocenters. The maximum atomic E-state index is 14.7. The molecule has 1 N–H and O–H groups in total. The van der Waals surface area contributed by atoms with Crippen molar-refractivity contribution in [1.29, 1.82) is 0 Å². The van der Waals surface area contributed by atoms with Crippen LogP contribution in [0.15, 0.2) is 49.6 Å². The molecule has 2 amide bonds. The van der Waals surface area contributed by atoms with E-state index in [4.69, 9.17) is 9.47 Å². The van der Waals surface area contributed by atoms with Crippen molar-refractivity contribution in [3.8, 4) is 5.75 Å². The molecule has 3 saturated heterocycles. The molecule has 1 aromatic rings. The van der Waals surface area contributed by atoms with Gasteiger partial charge in [0, 0.05) is 17.5 Å². The monoisotopic (exact) mass is 556 g/mol. The van der Waals surface area contributed by atoms with Gasteiger partial charge in [-0.25, -0.2) is 0 Å². The van der Waals surface area contributed by atoms with Crippen LogP contribution in [0, 0.1) is 23.7 Å². The number of aliphatic hydroxyl groups is 1. The SMILES string of the molecule is C=CCOC(=O)[C@@H]1[C@H]2C(=O)N([C@@H](CO)[C@@H](C)CC)C(C(=O)N(CC=C)c3ccc(OC)cc3)C23S[C@@H]1CC3C. The quantitative estimate of drug-likeness (QED) is 0.310. The number of ether oxygens (including phenoxy) is 2. The Labute approximate surface area is 235 Å². The van der Waals surface area contributed by atoms with Crippen LogP contribution >= 0.6 is 11.8 Å². The summed E-state index contributed by atoms with van der Waals surface area (Å²) in [5.41, 5.74) is 0.657. The van der Waals surface area contributed by atoms with Crippen molar-refractivity contribution >= 4 is 35.2 Å². The second kappa shape index (κ2) is 11.8. The van der Waals surface area contributed by atoms with Crippen LogP contribution < -0.4 is 9.64 Å². The van der Waals surface area contributed by atoms with Crippen molar-refractivity contribution < 1.29 is 29.0 Å². The average molecular weight is 557 g/mol. The van der Waals surface area contributed by atoms with Gasteiger partial charge in [-0.3, -0.25) is 14.4 Å². The highest BCUT2D eigenvalue weighted by Gasteiger charge is 2.77. The van der Waals surface area contributed by atoms with Gasteiger partial charge >= 0.3 is 5.97 Å². The molecule has 4 rings (SSSR count). The predicted molar refractivity (Wildman–Crippen MR) is 153 cm³/mol. The number of hydrogen-bond acceptors (Lipinski definition) is 7. The van der Waals surface area contributed by atoms with E-state index in [9.17, 15) is 19.5 Å². The van der Waals surface area contributed by atoms with Gasteiger partial charge in [-0.2, -0.15) is 0 Å². The zero-order valence-corrected chi connectivity index (χ0v) is 24.1. The third kappa shape index (κ3) is 4.67. The van der Waals surface area contributed by atoms with Gasteiger partial charge in [0.15, 0.2) is 0 Å². The number of aliphatic hydroxyl groups excluding tert-OH is 1. The first kappa shape index (κ1) is 29.2. The van der Waals surface area contributed by atoms with Gasteiger partial charge in [0.05, 0.1) is 36.3 Å². The Hall–Kier alpha value is -2.78. The number of amides is 2. The summed E-state index contributed by atoms with van der Waals surface area (Å²) >= 11 is 1.59. The Morgan fingerprint density at radius 1 is 1.28 bits per heavy atom. The molecule has 9 heteroatoms. The largest absolute Gasteiger partial charge is 0.497 e. The number of thioether (sulfide) groups is 1. The summed E-state index contributed by atoms with van der Waals surface area (Å²) in [7, 11) is 1.58. The minimum Gasteiger partial charge on any atom is -0.497 e. The predicted octanol–water partition coefficient (Wildman–Crippen LogP) is 3.69. The first-order valence-corrected chi connectivity index (χ1v) is 14.5.